The molecule has 36 heavy (non-hydrogen) atoms. The average Bonchev–Trinajstić information content (AvgIpc) is 3.33. The van der Waals surface area contributed by atoms with E-state index in [-0.39, 0.29) is 23.2 Å². The van der Waals surface area contributed by atoms with Gasteiger partial charge in [0.2, 0.25) is 0 Å². The van der Waals surface area contributed by atoms with E-state index < -0.39 is 17.3 Å². The van der Waals surface area contributed by atoms with Gasteiger partial charge in [0.05, 0.1) is 16.6 Å². The molecule has 5 nitrogen and oxygen atoms in total. The predicted octanol–water partition coefficient (Wildman–Crippen LogP) is 6.83. The Morgan fingerprint density at radius 3 is 2.28 bits per heavy atom. The Kier molecular flexibility index (Phi) is 6.51. The lowest BCUT2D eigenvalue weighted by atomic mass is 9.95. The number of benzene rings is 2. The fraction of sp³-hybridized carbons (Fsp3) is 0.259. The summed E-state index contributed by atoms with van der Waals surface area (Å²) in [5.74, 6) is -0.367. The van der Waals surface area contributed by atoms with E-state index in [0.717, 1.165) is 48.7 Å². The number of hydrogen-bond acceptors (Lipinski definition) is 2. The van der Waals surface area contributed by atoms with Crippen molar-refractivity contribution in [3.63, 3.8) is 0 Å². The van der Waals surface area contributed by atoms with E-state index in [1.165, 1.54) is 16.7 Å². The molecule has 2 N–H and O–H groups in total. The van der Waals surface area contributed by atoms with Gasteiger partial charge in [-0.05, 0) is 60.9 Å². The number of aromatic nitrogens is 2. The minimum Gasteiger partial charge on any atom is -0.359 e. The highest BCUT2D eigenvalue weighted by molar-refractivity contribution is 9.10. The Morgan fingerprint density at radius 2 is 1.64 bits per heavy atom. The van der Waals surface area contributed by atoms with Crippen molar-refractivity contribution in [3.8, 4) is 16.8 Å². The van der Waals surface area contributed by atoms with Crippen LogP contribution in [0.5, 0.6) is 0 Å². The molecule has 9 heteroatoms. The van der Waals surface area contributed by atoms with Gasteiger partial charge in [-0.1, -0.05) is 47.3 Å². The van der Waals surface area contributed by atoms with E-state index in [4.69, 9.17) is 0 Å². The number of H-pyrrole nitrogens is 1. The van der Waals surface area contributed by atoms with Gasteiger partial charge < -0.3 is 10.3 Å². The van der Waals surface area contributed by atoms with Crippen LogP contribution in [-0.4, -0.2) is 21.5 Å². The second-order valence-electron chi connectivity index (χ2n) is 8.99. The van der Waals surface area contributed by atoms with Crippen molar-refractivity contribution in [3.05, 3.63) is 86.9 Å². The maximum atomic E-state index is 14.0. The highest BCUT2D eigenvalue weighted by Crippen LogP contribution is 2.33. The molecule has 5 rings (SSSR count). The second kappa shape index (κ2) is 9.61. The first kappa shape index (κ1) is 24.4. The van der Waals surface area contributed by atoms with Gasteiger partial charge in [-0.3, -0.25) is 14.2 Å². The van der Waals surface area contributed by atoms with Crippen LogP contribution in [0, 0.1) is 0 Å². The second-order valence-corrected chi connectivity index (χ2v) is 9.91. The molecule has 0 saturated heterocycles. The number of aromatic amines is 1. The Morgan fingerprint density at radius 1 is 0.972 bits per heavy atom. The quantitative estimate of drug-likeness (QED) is 0.289. The molecular weight excluding hydrogens is 535 g/mol. The summed E-state index contributed by atoms with van der Waals surface area (Å²) in [5, 5.41) is 3.57. The standard InChI is InChI=1S/C27H23BrF3N3O2/c28-18-10-12-20(13-11-18)34-24(25(35)33-19-4-2-1-3-5-19)23-21(14-15-32-23)22(26(34)36)16-6-8-17(9-7-16)27(29,30)31/h6-15,19,32H,1-5H2,(H,33,35). The molecule has 1 fully saturated rings. The van der Waals surface area contributed by atoms with E-state index in [0.29, 0.717) is 22.2 Å². The summed E-state index contributed by atoms with van der Waals surface area (Å²) in [6.07, 6.45) is 2.11. The van der Waals surface area contributed by atoms with Crippen LogP contribution in [0.3, 0.4) is 0 Å². The van der Waals surface area contributed by atoms with Gasteiger partial charge >= 0.3 is 6.18 Å². The van der Waals surface area contributed by atoms with Crippen molar-refractivity contribution in [2.75, 3.05) is 0 Å². The molecule has 0 spiro atoms. The Balaban J connectivity index is 1.72. The molecular formula is C27H23BrF3N3O2. The highest BCUT2D eigenvalue weighted by Gasteiger charge is 2.31. The number of carbonyl (C=O) groups is 1. The summed E-state index contributed by atoms with van der Waals surface area (Å²) < 4.78 is 41.6. The first-order valence-electron chi connectivity index (χ1n) is 11.7. The summed E-state index contributed by atoms with van der Waals surface area (Å²) in [5.41, 5.74) is 0.358. The number of nitrogens with zero attached hydrogens (tertiary/aromatic N) is 1. The largest absolute Gasteiger partial charge is 0.416 e. The van der Waals surface area contributed by atoms with Crippen molar-refractivity contribution < 1.29 is 18.0 Å². The summed E-state index contributed by atoms with van der Waals surface area (Å²) in [6.45, 7) is 0. The topological polar surface area (TPSA) is 66.9 Å². The predicted molar refractivity (Wildman–Crippen MR) is 136 cm³/mol. The molecule has 0 atom stereocenters. The van der Waals surface area contributed by atoms with E-state index in [1.54, 1.807) is 36.5 Å². The van der Waals surface area contributed by atoms with Crippen LogP contribution in [0.1, 0.15) is 48.2 Å². The van der Waals surface area contributed by atoms with Crippen molar-refractivity contribution in [1.29, 1.82) is 0 Å². The highest BCUT2D eigenvalue weighted by atomic mass is 79.9. The van der Waals surface area contributed by atoms with Crippen LogP contribution in [0.15, 0.2) is 70.1 Å². The molecule has 1 aliphatic rings. The zero-order chi connectivity index (χ0) is 25.4. The van der Waals surface area contributed by atoms with Crippen molar-refractivity contribution in [2.24, 2.45) is 0 Å². The molecule has 0 radical (unpaired) electrons. The monoisotopic (exact) mass is 557 g/mol. The van der Waals surface area contributed by atoms with E-state index in [1.807, 2.05) is 0 Å². The van der Waals surface area contributed by atoms with E-state index >= 15 is 0 Å². The molecule has 4 aromatic rings. The molecule has 186 valence electrons. The smallest absolute Gasteiger partial charge is 0.359 e. The maximum absolute atomic E-state index is 14.0. The van der Waals surface area contributed by atoms with E-state index in [9.17, 15) is 22.8 Å². The van der Waals surface area contributed by atoms with Gasteiger partial charge in [-0.2, -0.15) is 13.2 Å². The van der Waals surface area contributed by atoms with E-state index in [2.05, 4.69) is 26.2 Å². The van der Waals surface area contributed by atoms with Gasteiger partial charge in [0, 0.05) is 27.8 Å². The van der Waals surface area contributed by atoms with Crippen LogP contribution in [0.4, 0.5) is 13.2 Å². The number of amides is 1. The molecule has 2 heterocycles. The number of pyridine rings is 1. The summed E-state index contributed by atoms with van der Waals surface area (Å²) in [4.78, 5) is 30.7. The number of alkyl halides is 3. The lowest BCUT2D eigenvalue weighted by Gasteiger charge is -2.24. The number of carbonyl (C=O) groups excluding carboxylic acids is 1. The van der Waals surface area contributed by atoms with Crippen LogP contribution < -0.4 is 10.9 Å². The molecule has 1 aliphatic carbocycles. The number of hydrogen-bond donors (Lipinski definition) is 2. The Labute approximate surface area is 213 Å². The number of nitrogens with one attached hydrogen (secondary N) is 2. The number of fused-ring (bicyclic) bond motifs is 1. The number of halogens is 4. The molecule has 2 aromatic carbocycles. The fourth-order valence-electron chi connectivity index (χ4n) is 4.87. The average molecular weight is 558 g/mol. The molecule has 0 aliphatic heterocycles. The van der Waals surface area contributed by atoms with Gasteiger partial charge in [-0.15, -0.1) is 0 Å². The van der Waals surface area contributed by atoms with Gasteiger partial charge in [-0.25, -0.2) is 0 Å². The summed E-state index contributed by atoms with van der Waals surface area (Å²) >= 11 is 3.39. The van der Waals surface area contributed by atoms with Crippen LogP contribution >= 0.6 is 15.9 Å². The first-order chi connectivity index (χ1) is 17.2. The Bertz CT molecular complexity index is 1470. The lowest BCUT2D eigenvalue weighted by molar-refractivity contribution is -0.137. The summed E-state index contributed by atoms with van der Waals surface area (Å²) in [7, 11) is 0. The molecule has 1 amide bonds. The van der Waals surface area contributed by atoms with Crippen molar-refractivity contribution >= 4 is 32.7 Å². The normalized spacial score (nSPS) is 14.8. The maximum Gasteiger partial charge on any atom is 0.416 e. The van der Waals surface area contributed by atoms with Crippen LogP contribution in [-0.2, 0) is 6.18 Å². The van der Waals surface area contributed by atoms with Gasteiger partial charge in [0.1, 0.15) is 5.69 Å². The molecule has 0 unspecified atom stereocenters. The fourth-order valence-corrected chi connectivity index (χ4v) is 5.14. The third kappa shape index (κ3) is 4.59. The van der Waals surface area contributed by atoms with Crippen LogP contribution in [0.25, 0.3) is 27.7 Å². The summed E-state index contributed by atoms with van der Waals surface area (Å²) in [6, 6.07) is 13.2. The number of rotatable bonds is 4. The zero-order valence-electron chi connectivity index (χ0n) is 19.2. The molecule has 0 bridgehead atoms. The molecule has 1 saturated carbocycles. The van der Waals surface area contributed by atoms with Crippen molar-refractivity contribution in [1.82, 2.24) is 14.9 Å². The minimum atomic E-state index is -4.49. The minimum absolute atomic E-state index is 0.0271. The van der Waals surface area contributed by atoms with Crippen molar-refractivity contribution in [2.45, 2.75) is 44.3 Å². The third-order valence-electron chi connectivity index (χ3n) is 6.63. The van der Waals surface area contributed by atoms with Crippen LogP contribution in [0.2, 0.25) is 0 Å². The van der Waals surface area contributed by atoms with Gasteiger partial charge in [0.25, 0.3) is 11.5 Å². The first-order valence-corrected chi connectivity index (χ1v) is 12.5. The zero-order valence-corrected chi connectivity index (χ0v) is 20.7. The molecule has 2 aromatic heterocycles. The lowest BCUT2D eigenvalue weighted by Crippen LogP contribution is -2.39. The van der Waals surface area contributed by atoms with Gasteiger partial charge in [0.15, 0.2) is 0 Å². The SMILES string of the molecule is O=C(NC1CCCCC1)c1c2[nH]ccc2c(-c2ccc(C(F)(F)F)cc2)c(=O)n1-c1ccc(Br)cc1. The third-order valence-corrected chi connectivity index (χ3v) is 7.16. The Hall–Kier alpha value is -3.33.